The highest BCUT2D eigenvalue weighted by atomic mass is 19.4. The number of aliphatic hydroxyl groups is 1. The molecule has 9 heteroatoms. The number of hydrogen-bond acceptors (Lipinski definition) is 3. The summed E-state index contributed by atoms with van der Waals surface area (Å²) in [5.74, 6) is -0.383. The monoisotopic (exact) mass is 327 g/mol. The molecule has 22 heavy (non-hydrogen) atoms. The van der Waals surface area contributed by atoms with Gasteiger partial charge in [0.1, 0.15) is 24.1 Å². The second-order valence-corrected chi connectivity index (χ2v) is 5.40. The lowest BCUT2D eigenvalue weighted by Crippen LogP contribution is -2.35. The molecule has 0 saturated heterocycles. The number of alkyl halides is 6. The SMILES string of the molecule is O[C@H]1c2c(C(F)(F)F)ncc(OC3CC(F)C3)c2[C@@H](F)[C@H]1F. The summed E-state index contributed by atoms with van der Waals surface area (Å²) in [4.78, 5) is 3.13. The van der Waals surface area contributed by atoms with Gasteiger partial charge in [-0.3, -0.25) is 0 Å². The molecule has 1 aromatic rings. The molecule has 0 radical (unpaired) electrons. The molecule has 0 unspecified atom stereocenters. The molecule has 0 aromatic carbocycles. The molecule has 0 aliphatic heterocycles. The van der Waals surface area contributed by atoms with Crippen molar-refractivity contribution in [3.63, 3.8) is 0 Å². The normalized spacial score (nSPS) is 34.2. The van der Waals surface area contributed by atoms with Crippen molar-refractivity contribution in [2.24, 2.45) is 0 Å². The van der Waals surface area contributed by atoms with Crippen LogP contribution < -0.4 is 4.74 Å². The third-order valence-electron chi connectivity index (χ3n) is 3.87. The Morgan fingerprint density at radius 2 is 1.77 bits per heavy atom. The topological polar surface area (TPSA) is 42.4 Å². The van der Waals surface area contributed by atoms with Crippen LogP contribution >= 0.6 is 0 Å². The lowest BCUT2D eigenvalue weighted by atomic mass is 9.93. The van der Waals surface area contributed by atoms with Crippen LogP contribution in [0.2, 0.25) is 0 Å². The first-order valence-electron chi connectivity index (χ1n) is 6.57. The van der Waals surface area contributed by atoms with Crippen molar-refractivity contribution in [1.29, 1.82) is 0 Å². The molecule has 0 amide bonds. The van der Waals surface area contributed by atoms with E-state index >= 15 is 0 Å². The van der Waals surface area contributed by atoms with E-state index in [4.69, 9.17) is 4.74 Å². The predicted octanol–water partition coefficient (Wildman–Crippen LogP) is 3.38. The number of halogens is 6. The maximum absolute atomic E-state index is 14.0. The molecule has 0 spiro atoms. The molecule has 2 aliphatic rings. The first kappa shape index (κ1) is 15.4. The minimum atomic E-state index is -4.96. The van der Waals surface area contributed by atoms with Gasteiger partial charge in [-0.05, 0) is 0 Å². The Morgan fingerprint density at radius 3 is 2.32 bits per heavy atom. The van der Waals surface area contributed by atoms with E-state index in [-0.39, 0.29) is 18.6 Å². The zero-order chi connectivity index (χ0) is 16.2. The summed E-state index contributed by atoms with van der Waals surface area (Å²) >= 11 is 0. The Balaban J connectivity index is 2.04. The van der Waals surface area contributed by atoms with Crippen LogP contribution in [0.1, 0.15) is 41.9 Å². The highest BCUT2D eigenvalue weighted by molar-refractivity contribution is 5.49. The molecule has 1 heterocycles. The van der Waals surface area contributed by atoms with E-state index in [0.717, 1.165) is 0 Å². The van der Waals surface area contributed by atoms with Crippen LogP contribution in [0.3, 0.4) is 0 Å². The number of fused-ring (bicyclic) bond motifs is 1. The molecular formula is C13H11F6NO2. The van der Waals surface area contributed by atoms with Crippen LogP contribution in [0, 0.1) is 0 Å². The van der Waals surface area contributed by atoms with Crippen LogP contribution in [0.5, 0.6) is 5.75 Å². The fourth-order valence-corrected chi connectivity index (χ4v) is 2.68. The molecular weight excluding hydrogens is 316 g/mol. The van der Waals surface area contributed by atoms with E-state index < -0.39 is 53.7 Å². The molecule has 1 N–H and O–H groups in total. The molecule has 3 rings (SSSR count). The lowest BCUT2D eigenvalue weighted by Gasteiger charge is -2.31. The highest BCUT2D eigenvalue weighted by Crippen LogP contribution is 2.51. The van der Waals surface area contributed by atoms with Gasteiger partial charge in [0.15, 0.2) is 18.0 Å². The lowest BCUT2D eigenvalue weighted by molar-refractivity contribution is -0.143. The van der Waals surface area contributed by atoms with Gasteiger partial charge in [0.25, 0.3) is 0 Å². The van der Waals surface area contributed by atoms with Gasteiger partial charge in [0.05, 0.1) is 6.20 Å². The number of nitrogens with zero attached hydrogens (tertiary/aromatic N) is 1. The highest BCUT2D eigenvalue weighted by Gasteiger charge is 2.50. The largest absolute Gasteiger partial charge is 0.488 e. The smallest absolute Gasteiger partial charge is 0.433 e. The summed E-state index contributed by atoms with van der Waals surface area (Å²) in [6.07, 6.45) is -13.2. The summed E-state index contributed by atoms with van der Waals surface area (Å²) in [6.45, 7) is 0. The summed E-state index contributed by atoms with van der Waals surface area (Å²) in [5.41, 5.74) is -3.17. The first-order chi connectivity index (χ1) is 10.2. The predicted molar refractivity (Wildman–Crippen MR) is 61.5 cm³/mol. The van der Waals surface area contributed by atoms with Crippen molar-refractivity contribution >= 4 is 0 Å². The van der Waals surface area contributed by atoms with Crippen molar-refractivity contribution < 1.29 is 36.2 Å². The van der Waals surface area contributed by atoms with Crippen molar-refractivity contribution in [3.8, 4) is 5.75 Å². The number of pyridine rings is 1. The van der Waals surface area contributed by atoms with E-state index in [1.165, 1.54) is 0 Å². The summed E-state index contributed by atoms with van der Waals surface area (Å²) in [5, 5.41) is 9.57. The van der Waals surface area contributed by atoms with Crippen molar-refractivity contribution in [3.05, 3.63) is 23.0 Å². The van der Waals surface area contributed by atoms with Crippen LogP contribution in [0.15, 0.2) is 6.20 Å². The van der Waals surface area contributed by atoms with Gasteiger partial charge >= 0.3 is 6.18 Å². The van der Waals surface area contributed by atoms with E-state index in [1.54, 1.807) is 0 Å². The molecule has 1 aromatic heterocycles. The Bertz CT molecular complexity index is 587. The third kappa shape index (κ3) is 2.31. The summed E-state index contributed by atoms with van der Waals surface area (Å²) < 4.78 is 84.2. The summed E-state index contributed by atoms with van der Waals surface area (Å²) in [7, 11) is 0. The quantitative estimate of drug-likeness (QED) is 0.847. The third-order valence-corrected chi connectivity index (χ3v) is 3.87. The van der Waals surface area contributed by atoms with E-state index in [1.807, 2.05) is 0 Å². The zero-order valence-corrected chi connectivity index (χ0v) is 10.9. The number of rotatable bonds is 2. The first-order valence-corrected chi connectivity index (χ1v) is 6.57. The van der Waals surface area contributed by atoms with Gasteiger partial charge in [0.2, 0.25) is 0 Å². The van der Waals surface area contributed by atoms with Crippen LogP contribution in [0.25, 0.3) is 0 Å². The van der Waals surface area contributed by atoms with Gasteiger partial charge in [-0.2, -0.15) is 13.2 Å². The average Bonchev–Trinajstić information content (AvgIpc) is 2.62. The standard InChI is InChI=1S/C13H11F6NO2/c14-4-1-5(2-4)22-6-3-20-12(13(17,18)19)8-7(6)9(15)10(16)11(8)21/h3-5,9-11,21H,1-2H2/t4?,5?,9-,10-,11+/m1/s1. The van der Waals surface area contributed by atoms with Crippen LogP contribution in [-0.2, 0) is 6.18 Å². The molecule has 3 atom stereocenters. The van der Waals surface area contributed by atoms with Gasteiger partial charge < -0.3 is 9.84 Å². The van der Waals surface area contributed by atoms with Gasteiger partial charge in [-0.25, -0.2) is 18.2 Å². The molecule has 122 valence electrons. The van der Waals surface area contributed by atoms with Gasteiger partial charge in [-0.15, -0.1) is 0 Å². The Hall–Kier alpha value is -1.51. The van der Waals surface area contributed by atoms with E-state index in [9.17, 15) is 31.4 Å². The van der Waals surface area contributed by atoms with E-state index in [0.29, 0.717) is 6.20 Å². The van der Waals surface area contributed by atoms with Crippen LogP contribution in [-0.4, -0.2) is 28.5 Å². The van der Waals surface area contributed by atoms with Crippen LogP contribution in [0.4, 0.5) is 26.3 Å². The maximum atomic E-state index is 14.0. The minimum Gasteiger partial charge on any atom is -0.488 e. The molecule has 1 fully saturated rings. The average molecular weight is 327 g/mol. The number of aromatic nitrogens is 1. The number of hydrogen-bond donors (Lipinski definition) is 1. The Morgan fingerprint density at radius 1 is 1.14 bits per heavy atom. The summed E-state index contributed by atoms with van der Waals surface area (Å²) in [6, 6.07) is 0. The number of ether oxygens (including phenoxy) is 1. The Kier molecular flexibility index (Phi) is 3.50. The zero-order valence-electron chi connectivity index (χ0n) is 10.9. The maximum Gasteiger partial charge on any atom is 0.433 e. The van der Waals surface area contributed by atoms with Crippen molar-refractivity contribution in [2.75, 3.05) is 0 Å². The molecule has 1 saturated carbocycles. The van der Waals surface area contributed by atoms with Gasteiger partial charge in [-0.1, -0.05) is 0 Å². The minimum absolute atomic E-state index is 0.0222. The van der Waals surface area contributed by atoms with Crippen molar-refractivity contribution in [1.82, 2.24) is 4.98 Å². The molecule has 3 nitrogen and oxygen atoms in total. The fourth-order valence-electron chi connectivity index (χ4n) is 2.68. The fraction of sp³-hybridized carbons (Fsp3) is 0.615. The van der Waals surface area contributed by atoms with E-state index in [2.05, 4.69) is 4.98 Å². The van der Waals surface area contributed by atoms with Crippen molar-refractivity contribution in [2.45, 2.75) is 49.7 Å². The molecule has 2 aliphatic carbocycles. The second kappa shape index (κ2) is 5.00. The van der Waals surface area contributed by atoms with Gasteiger partial charge in [0, 0.05) is 24.0 Å². The Labute approximate surface area is 120 Å². The second-order valence-electron chi connectivity index (χ2n) is 5.40. The molecule has 0 bridgehead atoms. The number of aliphatic hydroxyl groups excluding tert-OH is 1.